The van der Waals surface area contributed by atoms with Gasteiger partial charge in [-0.1, -0.05) is 96.5 Å². The minimum atomic E-state index is -4.19. The Morgan fingerprint density at radius 1 is 0.844 bits per heavy atom. The monoisotopic (exact) mass is 691 g/mol. The second-order valence-electron chi connectivity index (χ2n) is 11.0. The molecule has 0 aliphatic rings. The molecule has 236 valence electrons. The van der Waals surface area contributed by atoms with Crippen molar-refractivity contribution >= 4 is 43.5 Å². The Hall–Kier alpha value is -4.15. The Labute approximate surface area is 274 Å². The first-order chi connectivity index (χ1) is 21.6. The molecule has 0 aromatic heterocycles. The maximum Gasteiger partial charge on any atom is 0.264 e. The van der Waals surface area contributed by atoms with Crippen LogP contribution in [0.3, 0.4) is 0 Å². The van der Waals surface area contributed by atoms with E-state index in [0.717, 1.165) is 19.9 Å². The third-order valence-electron chi connectivity index (χ3n) is 7.15. The number of sulfonamides is 1. The van der Waals surface area contributed by atoms with Crippen LogP contribution in [0.5, 0.6) is 5.75 Å². The smallest absolute Gasteiger partial charge is 0.264 e. The van der Waals surface area contributed by atoms with Gasteiger partial charge in [0.25, 0.3) is 10.0 Å². The van der Waals surface area contributed by atoms with Gasteiger partial charge in [-0.25, -0.2) is 8.42 Å². The van der Waals surface area contributed by atoms with Crippen molar-refractivity contribution in [3.05, 3.63) is 125 Å². The molecule has 0 bridgehead atoms. The number of amides is 2. The van der Waals surface area contributed by atoms with Crippen molar-refractivity contribution in [1.29, 1.82) is 0 Å². The molecule has 0 aliphatic carbocycles. The summed E-state index contributed by atoms with van der Waals surface area (Å²) in [4.78, 5) is 29.9. The fourth-order valence-electron chi connectivity index (χ4n) is 4.82. The molecule has 1 atom stereocenters. The Morgan fingerprint density at radius 3 is 2.13 bits per heavy atom. The second kappa shape index (κ2) is 15.7. The number of benzene rings is 4. The zero-order valence-electron chi connectivity index (χ0n) is 25.6. The van der Waals surface area contributed by atoms with Crippen LogP contribution < -0.4 is 14.4 Å². The number of nitrogens with zero attached hydrogens (tertiary/aromatic N) is 2. The van der Waals surface area contributed by atoms with E-state index in [2.05, 4.69) is 21.2 Å². The van der Waals surface area contributed by atoms with E-state index in [1.165, 1.54) is 24.1 Å². The molecular weight excluding hydrogens is 654 g/mol. The summed E-state index contributed by atoms with van der Waals surface area (Å²) in [5, 5.41) is 3.00. The maximum atomic E-state index is 14.5. The first kappa shape index (κ1) is 33.7. The van der Waals surface area contributed by atoms with Crippen LogP contribution in [-0.2, 0) is 32.6 Å². The predicted molar refractivity (Wildman–Crippen MR) is 180 cm³/mol. The van der Waals surface area contributed by atoms with Crippen molar-refractivity contribution in [1.82, 2.24) is 10.2 Å². The van der Waals surface area contributed by atoms with E-state index in [-0.39, 0.29) is 35.4 Å². The molecule has 0 heterocycles. The zero-order chi connectivity index (χ0) is 32.4. The van der Waals surface area contributed by atoms with Gasteiger partial charge in [-0.2, -0.15) is 0 Å². The minimum absolute atomic E-state index is 0.0367. The summed E-state index contributed by atoms with van der Waals surface area (Å²) < 4.78 is 35.5. The number of carbonyl (C=O) groups is 2. The van der Waals surface area contributed by atoms with E-state index in [1.807, 2.05) is 68.4 Å². The first-order valence-corrected chi connectivity index (χ1v) is 16.9. The van der Waals surface area contributed by atoms with E-state index in [9.17, 15) is 18.0 Å². The lowest BCUT2D eigenvalue weighted by Gasteiger charge is -2.34. The number of nitrogens with one attached hydrogen (secondary N) is 1. The Bertz CT molecular complexity index is 1680. The first-order valence-electron chi connectivity index (χ1n) is 14.7. The van der Waals surface area contributed by atoms with Crippen LogP contribution in [0, 0.1) is 5.92 Å². The quantitative estimate of drug-likeness (QED) is 0.173. The van der Waals surface area contributed by atoms with Gasteiger partial charge in [0.05, 0.1) is 17.7 Å². The predicted octanol–water partition coefficient (Wildman–Crippen LogP) is 6.07. The number of halogens is 1. The van der Waals surface area contributed by atoms with Crippen LogP contribution in [0.4, 0.5) is 5.69 Å². The van der Waals surface area contributed by atoms with Crippen molar-refractivity contribution in [2.75, 3.05) is 24.5 Å². The molecule has 0 radical (unpaired) electrons. The lowest BCUT2D eigenvalue weighted by molar-refractivity contribution is -0.140. The summed E-state index contributed by atoms with van der Waals surface area (Å²) in [6, 6.07) is 30.6. The number of hydrogen-bond acceptors (Lipinski definition) is 5. The van der Waals surface area contributed by atoms with Gasteiger partial charge in [-0.3, -0.25) is 13.9 Å². The van der Waals surface area contributed by atoms with Crippen molar-refractivity contribution in [3.8, 4) is 5.75 Å². The Morgan fingerprint density at radius 2 is 1.49 bits per heavy atom. The van der Waals surface area contributed by atoms with Crippen LogP contribution in [0.2, 0.25) is 0 Å². The maximum absolute atomic E-state index is 14.5. The zero-order valence-corrected chi connectivity index (χ0v) is 28.0. The molecule has 0 spiro atoms. The van der Waals surface area contributed by atoms with Crippen molar-refractivity contribution < 1.29 is 22.7 Å². The molecule has 4 rings (SSSR count). The van der Waals surface area contributed by atoms with Gasteiger partial charge < -0.3 is 15.0 Å². The molecule has 8 nitrogen and oxygen atoms in total. The van der Waals surface area contributed by atoms with E-state index in [1.54, 1.807) is 42.5 Å². The second-order valence-corrected chi connectivity index (χ2v) is 13.8. The molecule has 10 heteroatoms. The van der Waals surface area contributed by atoms with Gasteiger partial charge in [0.2, 0.25) is 11.8 Å². The molecule has 0 saturated heterocycles. The van der Waals surface area contributed by atoms with Crippen molar-refractivity contribution in [3.63, 3.8) is 0 Å². The van der Waals surface area contributed by atoms with Gasteiger partial charge in [0.1, 0.15) is 18.3 Å². The van der Waals surface area contributed by atoms with Gasteiger partial charge in [-0.05, 0) is 53.4 Å². The van der Waals surface area contributed by atoms with Gasteiger partial charge >= 0.3 is 0 Å². The third kappa shape index (κ3) is 9.18. The number of hydrogen-bond donors (Lipinski definition) is 1. The molecule has 0 aliphatic heterocycles. The fraction of sp³-hybridized carbons (Fsp3) is 0.257. The van der Waals surface area contributed by atoms with E-state index >= 15 is 0 Å². The highest BCUT2D eigenvalue weighted by molar-refractivity contribution is 9.10. The third-order valence-corrected chi connectivity index (χ3v) is 9.43. The molecule has 1 N–H and O–H groups in total. The summed E-state index contributed by atoms with van der Waals surface area (Å²) in [6.45, 7) is 3.97. The SMILES string of the molecule is COc1cccc(N(CC(=O)N(Cc2cccc(Br)c2)[C@@H](Cc2ccccc2)C(=O)NCC(C)C)S(=O)(=O)c2ccccc2)c1. The molecule has 45 heavy (non-hydrogen) atoms. The number of rotatable bonds is 14. The summed E-state index contributed by atoms with van der Waals surface area (Å²) in [7, 11) is -2.70. The molecule has 0 saturated carbocycles. The topological polar surface area (TPSA) is 96.0 Å². The van der Waals surface area contributed by atoms with Crippen LogP contribution in [0.1, 0.15) is 25.0 Å². The fourth-order valence-corrected chi connectivity index (χ4v) is 6.70. The highest BCUT2D eigenvalue weighted by Crippen LogP contribution is 2.28. The van der Waals surface area contributed by atoms with Crippen LogP contribution in [0.25, 0.3) is 0 Å². The lowest BCUT2D eigenvalue weighted by Crippen LogP contribution is -2.53. The van der Waals surface area contributed by atoms with Crippen molar-refractivity contribution in [2.45, 2.75) is 37.8 Å². The molecule has 0 fully saturated rings. The van der Waals surface area contributed by atoms with E-state index in [0.29, 0.717) is 12.3 Å². The summed E-state index contributed by atoms with van der Waals surface area (Å²) in [5.41, 5.74) is 1.92. The number of carbonyl (C=O) groups excluding carboxylic acids is 2. The number of ether oxygens (including phenoxy) is 1. The van der Waals surface area contributed by atoms with Gasteiger partial charge in [-0.15, -0.1) is 0 Å². The van der Waals surface area contributed by atoms with Gasteiger partial charge in [0.15, 0.2) is 0 Å². The highest BCUT2D eigenvalue weighted by Gasteiger charge is 2.34. The molecule has 2 amide bonds. The lowest BCUT2D eigenvalue weighted by atomic mass is 10.0. The molecule has 4 aromatic rings. The molecule has 4 aromatic carbocycles. The minimum Gasteiger partial charge on any atom is -0.497 e. The van der Waals surface area contributed by atoms with E-state index < -0.39 is 28.5 Å². The van der Waals surface area contributed by atoms with E-state index in [4.69, 9.17) is 4.74 Å². The summed E-state index contributed by atoms with van der Waals surface area (Å²) >= 11 is 3.50. The Kier molecular flexibility index (Phi) is 11.8. The standard InChI is InChI=1S/C35H38BrN3O5S/c1-26(2)23-37-35(41)33(21-27-12-6-4-7-13-27)38(24-28-14-10-15-29(36)20-28)34(40)25-39(30-16-11-17-31(22-30)44-3)45(42,43)32-18-8-5-9-19-32/h4-20,22,26,33H,21,23-25H2,1-3H3,(H,37,41)/t33-/m0/s1. The normalized spacial score (nSPS) is 11.9. The Balaban J connectivity index is 1.80. The molecule has 0 unspecified atom stereocenters. The average molecular weight is 693 g/mol. The van der Waals surface area contributed by atoms with Crippen LogP contribution in [0.15, 0.2) is 119 Å². The largest absolute Gasteiger partial charge is 0.497 e. The van der Waals surface area contributed by atoms with Crippen molar-refractivity contribution in [2.24, 2.45) is 5.92 Å². The average Bonchev–Trinajstić information content (AvgIpc) is 3.04. The van der Waals surface area contributed by atoms with Crippen LogP contribution in [-0.4, -0.2) is 51.4 Å². The summed E-state index contributed by atoms with van der Waals surface area (Å²) in [5.74, 6) is -0.206. The van der Waals surface area contributed by atoms with Crippen LogP contribution >= 0.6 is 15.9 Å². The highest BCUT2D eigenvalue weighted by atomic mass is 79.9. The summed E-state index contributed by atoms with van der Waals surface area (Å²) in [6.07, 6.45) is 0.245. The van der Waals surface area contributed by atoms with Gasteiger partial charge in [0, 0.05) is 30.0 Å². The number of methoxy groups -OCH3 is 1. The molecular formula is C35H38BrN3O5S. The number of anilines is 1.